The van der Waals surface area contributed by atoms with Gasteiger partial charge in [-0.1, -0.05) is 0 Å². The topological polar surface area (TPSA) is 72.6 Å². The highest BCUT2D eigenvalue weighted by Crippen LogP contribution is 2.33. The van der Waals surface area contributed by atoms with Gasteiger partial charge in [0.2, 0.25) is 10.0 Å². The molecular weight excluding hydrogens is 352 g/mol. The van der Waals surface area contributed by atoms with Crippen molar-refractivity contribution in [1.29, 1.82) is 0 Å². The van der Waals surface area contributed by atoms with Crippen molar-refractivity contribution in [3.05, 3.63) is 14.7 Å². The Bertz CT molecular complexity index is 514. The number of rotatable bonds is 7. The molecule has 1 heterocycles. The van der Waals surface area contributed by atoms with Gasteiger partial charge in [-0.15, -0.1) is 11.3 Å². The lowest BCUT2D eigenvalue weighted by molar-refractivity contribution is 0.171. The summed E-state index contributed by atoms with van der Waals surface area (Å²) in [7, 11) is -1.98. The Morgan fingerprint density at radius 3 is 2.58 bits per heavy atom. The van der Waals surface area contributed by atoms with Gasteiger partial charge in [0.25, 0.3) is 0 Å². The number of nitrogens with two attached hydrogens (primary N) is 1. The maximum atomic E-state index is 12.6. The van der Waals surface area contributed by atoms with Gasteiger partial charge >= 0.3 is 0 Å². The first-order valence-electron chi connectivity index (χ1n) is 5.83. The van der Waals surface area contributed by atoms with Crippen LogP contribution in [0.1, 0.15) is 18.7 Å². The van der Waals surface area contributed by atoms with E-state index in [0.29, 0.717) is 23.5 Å². The van der Waals surface area contributed by atoms with Crippen LogP contribution < -0.4 is 5.73 Å². The second kappa shape index (κ2) is 7.14. The summed E-state index contributed by atoms with van der Waals surface area (Å²) in [6.45, 7) is 4.72. The molecule has 0 saturated carbocycles. The van der Waals surface area contributed by atoms with Crippen LogP contribution in [0.25, 0.3) is 0 Å². The predicted molar refractivity (Wildman–Crippen MR) is 80.8 cm³/mol. The molecule has 8 heteroatoms. The molecule has 110 valence electrons. The maximum Gasteiger partial charge on any atom is 0.245 e. The van der Waals surface area contributed by atoms with E-state index in [4.69, 9.17) is 10.5 Å². The molecule has 1 aromatic rings. The molecule has 0 aliphatic rings. The molecule has 1 aromatic heterocycles. The molecule has 0 aromatic carbocycles. The van der Waals surface area contributed by atoms with Gasteiger partial charge in [-0.2, -0.15) is 4.31 Å². The highest BCUT2D eigenvalue weighted by Gasteiger charge is 2.30. The summed E-state index contributed by atoms with van der Waals surface area (Å²) in [4.78, 5) is 1.11. The molecule has 0 fully saturated rings. The molecule has 19 heavy (non-hydrogen) atoms. The Morgan fingerprint density at radius 2 is 2.16 bits per heavy atom. The number of thiophene rings is 1. The molecule has 0 radical (unpaired) electrons. The van der Waals surface area contributed by atoms with E-state index in [1.807, 2.05) is 13.8 Å². The molecule has 5 nitrogen and oxygen atoms in total. The summed E-state index contributed by atoms with van der Waals surface area (Å²) in [5.74, 6) is 0. The molecule has 0 atom stereocenters. The molecule has 0 aliphatic carbocycles. The minimum atomic E-state index is -3.53. The Balaban J connectivity index is 3.14. The number of halogens is 1. The Labute approximate surface area is 126 Å². The van der Waals surface area contributed by atoms with Gasteiger partial charge in [0.05, 0.1) is 10.4 Å². The zero-order chi connectivity index (χ0) is 14.6. The summed E-state index contributed by atoms with van der Waals surface area (Å²) in [6.07, 6.45) is 0. The van der Waals surface area contributed by atoms with E-state index >= 15 is 0 Å². The molecule has 1 rings (SSSR count). The molecule has 0 bridgehead atoms. The summed E-state index contributed by atoms with van der Waals surface area (Å²) < 4.78 is 32.3. The Hall–Kier alpha value is 0.01000. The van der Waals surface area contributed by atoms with Gasteiger partial charge in [0, 0.05) is 31.1 Å². The van der Waals surface area contributed by atoms with Crippen LogP contribution in [0.4, 0.5) is 0 Å². The fraction of sp³-hybridized carbons (Fsp3) is 0.636. The van der Waals surface area contributed by atoms with Crippen LogP contribution in [0.3, 0.4) is 0 Å². The van der Waals surface area contributed by atoms with Gasteiger partial charge in [-0.25, -0.2) is 8.42 Å². The average molecular weight is 371 g/mol. The predicted octanol–water partition coefficient (Wildman–Crippen LogP) is 2.01. The smallest absolute Gasteiger partial charge is 0.245 e. The van der Waals surface area contributed by atoms with Crippen LogP contribution >= 0.6 is 27.3 Å². The lowest BCUT2D eigenvalue weighted by Crippen LogP contribution is -2.39. The lowest BCUT2D eigenvalue weighted by atomic mass is 10.4. The first-order valence-corrected chi connectivity index (χ1v) is 8.88. The maximum absolute atomic E-state index is 12.6. The van der Waals surface area contributed by atoms with Crippen molar-refractivity contribution >= 4 is 37.3 Å². The molecule has 0 saturated heterocycles. The number of sulfonamides is 1. The van der Waals surface area contributed by atoms with Gasteiger partial charge in [-0.3, -0.25) is 0 Å². The highest BCUT2D eigenvalue weighted by molar-refractivity contribution is 9.11. The van der Waals surface area contributed by atoms with E-state index in [9.17, 15) is 8.42 Å². The third-order valence-electron chi connectivity index (χ3n) is 2.59. The van der Waals surface area contributed by atoms with E-state index in [1.54, 1.807) is 13.2 Å². The van der Waals surface area contributed by atoms with Gasteiger partial charge in [0.15, 0.2) is 0 Å². The first kappa shape index (κ1) is 17.1. The van der Waals surface area contributed by atoms with Crippen molar-refractivity contribution in [2.75, 3.05) is 20.3 Å². The Kier molecular flexibility index (Phi) is 6.41. The molecule has 0 spiro atoms. The van der Waals surface area contributed by atoms with Gasteiger partial charge in [0.1, 0.15) is 4.90 Å². The van der Waals surface area contributed by atoms with Crippen LogP contribution in [0, 0.1) is 0 Å². The fourth-order valence-corrected chi connectivity index (χ4v) is 5.77. The van der Waals surface area contributed by atoms with Crippen LogP contribution in [0.5, 0.6) is 0 Å². The standard InChI is InChI=1S/C11H19BrN2O3S2/c1-8(2)14(4-5-17-3)19(15,16)10-6-9(7-13)18-11(10)12/h6,8H,4-5,7,13H2,1-3H3. The fourth-order valence-electron chi connectivity index (χ4n) is 1.64. The van der Waals surface area contributed by atoms with Gasteiger partial charge in [-0.05, 0) is 35.8 Å². The summed E-state index contributed by atoms with van der Waals surface area (Å²) in [5, 5.41) is 0. The molecule has 0 amide bonds. The van der Waals surface area contributed by atoms with E-state index in [0.717, 1.165) is 4.88 Å². The van der Waals surface area contributed by atoms with Crippen molar-refractivity contribution < 1.29 is 13.2 Å². The normalized spacial score (nSPS) is 12.6. The zero-order valence-corrected chi connectivity index (χ0v) is 14.4. The summed E-state index contributed by atoms with van der Waals surface area (Å²) in [6, 6.07) is 1.50. The van der Waals surface area contributed by atoms with Crippen LogP contribution in [0.2, 0.25) is 0 Å². The number of hydrogen-bond donors (Lipinski definition) is 1. The van der Waals surface area contributed by atoms with Crippen molar-refractivity contribution in [3.63, 3.8) is 0 Å². The quantitative estimate of drug-likeness (QED) is 0.796. The van der Waals surface area contributed by atoms with Crippen molar-refractivity contribution in [2.45, 2.75) is 31.3 Å². The number of ether oxygens (including phenoxy) is 1. The summed E-state index contributed by atoms with van der Waals surface area (Å²) >= 11 is 4.65. The third kappa shape index (κ3) is 3.99. The summed E-state index contributed by atoms with van der Waals surface area (Å²) in [5.41, 5.74) is 5.55. The number of hydrogen-bond acceptors (Lipinski definition) is 5. The molecule has 2 N–H and O–H groups in total. The second-order valence-electron chi connectivity index (χ2n) is 4.26. The van der Waals surface area contributed by atoms with Crippen molar-refractivity contribution in [2.24, 2.45) is 5.73 Å². The number of nitrogens with zero attached hydrogens (tertiary/aromatic N) is 1. The minimum absolute atomic E-state index is 0.131. The highest BCUT2D eigenvalue weighted by atomic mass is 79.9. The zero-order valence-electron chi connectivity index (χ0n) is 11.2. The van der Waals surface area contributed by atoms with Crippen LogP contribution in [-0.2, 0) is 21.3 Å². The van der Waals surface area contributed by atoms with E-state index in [2.05, 4.69) is 15.9 Å². The first-order chi connectivity index (χ1) is 8.84. The number of methoxy groups -OCH3 is 1. The molecule has 0 aliphatic heterocycles. The SMILES string of the molecule is COCCN(C(C)C)S(=O)(=O)c1cc(CN)sc1Br. The van der Waals surface area contributed by atoms with E-state index < -0.39 is 10.0 Å². The van der Waals surface area contributed by atoms with Crippen LogP contribution in [-0.4, -0.2) is 39.0 Å². The van der Waals surface area contributed by atoms with Crippen LogP contribution in [0.15, 0.2) is 14.7 Å². The van der Waals surface area contributed by atoms with E-state index in [1.165, 1.54) is 15.6 Å². The monoisotopic (exact) mass is 370 g/mol. The van der Waals surface area contributed by atoms with Crippen molar-refractivity contribution in [3.8, 4) is 0 Å². The third-order valence-corrected chi connectivity index (χ3v) is 6.94. The van der Waals surface area contributed by atoms with Crippen molar-refractivity contribution in [1.82, 2.24) is 4.31 Å². The Morgan fingerprint density at radius 1 is 1.53 bits per heavy atom. The molecule has 0 unspecified atom stereocenters. The average Bonchev–Trinajstić information content (AvgIpc) is 2.71. The largest absolute Gasteiger partial charge is 0.383 e. The van der Waals surface area contributed by atoms with Gasteiger partial charge < -0.3 is 10.5 Å². The second-order valence-corrected chi connectivity index (χ2v) is 8.57. The van der Waals surface area contributed by atoms with E-state index in [-0.39, 0.29) is 10.9 Å². The lowest BCUT2D eigenvalue weighted by Gasteiger charge is -2.25. The minimum Gasteiger partial charge on any atom is -0.383 e. The molecular formula is C11H19BrN2O3S2.